The first-order chi connectivity index (χ1) is 11.9. The molecule has 7 heteroatoms. The summed E-state index contributed by atoms with van der Waals surface area (Å²) < 4.78 is 48.6. The van der Waals surface area contributed by atoms with Gasteiger partial charge in [0.05, 0.1) is 13.2 Å². The molecule has 2 heterocycles. The van der Waals surface area contributed by atoms with Gasteiger partial charge in [0.15, 0.2) is 11.5 Å². The fourth-order valence-corrected chi connectivity index (χ4v) is 2.53. The van der Waals surface area contributed by atoms with Crippen LogP contribution in [0, 0.1) is 0 Å². The molecule has 4 nitrogen and oxygen atoms in total. The predicted octanol–water partition coefficient (Wildman–Crippen LogP) is 3.62. The molecule has 0 saturated carbocycles. The number of carbonyl (C=O) groups is 1. The second-order valence-electron chi connectivity index (χ2n) is 5.77. The highest BCUT2D eigenvalue weighted by Gasteiger charge is 2.32. The van der Waals surface area contributed by atoms with E-state index in [0.29, 0.717) is 30.3 Å². The van der Waals surface area contributed by atoms with Gasteiger partial charge in [-0.2, -0.15) is 13.2 Å². The average Bonchev–Trinajstić information content (AvgIpc) is 2.79. The third-order valence-electron chi connectivity index (χ3n) is 3.73. The molecule has 0 spiro atoms. The molecule has 1 aromatic heterocycles. The van der Waals surface area contributed by atoms with E-state index in [-0.39, 0.29) is 18.6 Å². The molecule has 1 aliphatic rings. The van der Waals surface area contributed by atoms with Crippen LogP contribution in [0.15, 0.2) is 36.5 Å². The first-order valence-electron chi connectivity index (χ1n) is 7.84. The number of halogens is 3. The molecule has 0 bridgehead atoms. The van der Waals surface area contributed by atoms with Crippen molar-refractivity contribution in [2.75, 3.05) is 13.2 Å². The van der Waals surface area contributed by atoms with Crippen LogP contribution in [0.5, 0.6) is 11.5 Å². The van der Waals surface area contributed by atoms with E-state index in [4.69, 9.17) is 9.47 Å². The van der Waals surface area contributed by atoms with Crippen molar-refractivity contribution in [2.45, 2.75) is 25.4 Å². The summed E-state index contributed by atoms with van der Waals surface area (Å²) in [7, 11) is 0. The maximum Gasteiger partial charge on any atom is 0.433 e. The number of fused-ring (bicyclic) bond motifs is 1. The number of rotatable bonds is 4. The van der Waals surface area contributed by atoms with E-state index >= 15 is 0 Å². The Morgan fingerprint density at radius 1 is 1.00 bits per heavy atom. The number of Topliss-reactive ketones (excluding diaryl/α,β-unsaturated/α-hetero) is 1. The Morgan fingerprint density at radius 2 is 1.68 bits per heavy atom. The second-order valence-corrected chi connectivity index (χ2v) is 5.77. The number of carbonyl (C=O) groups excluding carboxylic acids is 1. The van der Waals surface area contributed by atoms with Crippen molar-refractivity contribution < 1.29 is 27.4 Å². The third kappa shape index (κ3) is 4.49. The van der Waals surface area contributed by atoms with E-state index in [1.54, 1.807) is 18.2 Å². The SMILES string of the molecule is O=C(Cc1ccc(C(F)(F)F)nc1)Cc1ccc2c(c1)OCCCO2. The van der Waals surface area contributed by atoms with Crippen molar-refractivity contribution in [1.82, 2.24) is 4.98 Å². The highest BCUT2D eigenvalue weighted by Crippen LogP contribution is 2.31. The molecule has 0 aliphatic carbocycles. The van der Waals surface area contributed by atoms with Crippen molar-refractivity contribution in [2.24, 2.45) is 0 Å². The molecule has 0 unspecified atom stereocenters. The van der Waals surface area contributed by atoms with Crippen LogP contribution in [0.2, 0.25) is 0 Å². The maximum absolute atomic E-state index is 12.5. The fraction of sp³-hybridized carbons (Fsp3) is 0.333. The number of hydrogen-bond donors (Lipinski definition) is 0. The molecule has 25 heavy (non-hydrogen) atoms. The molecule has 0 fully saturated rings. The van der Waals surface area contributed by atoms with Crippen molar-refractivity contribution >= 4 is 5.78 Å². The Balaban J connectivity index is 1.63. The van der Waals surface area contributed by atoms with Gasteiger partial charge in [-0.05, 0) is 29.3 Å². The Morgan fingerprint density at radius 3 is 2.36 bits per heavy atom. The highest BCUT2D eigenvalue weighted by molar-refractivity contribution is 5.83. The average molecular weight is 351 g/mol. The Hall–Kier alpha value is -2.57. The van der Waals surface area contributed by atoms with Gasteiger partial charge in [-0.25, -0.2) is 0 Å². The first-order valence-corrected chi connectivity index (χ1v) is 7.84. The van der Waals surface area contributed by atoms with Crippen molar-refractivity contribution in [3.05, 3.63) is 53.3 Å². The summed E-state index contributed by atoms with van der Waals surface area (Å²) in [6.45, 7) is 1.15. The topological polar surface area (TPSA) is 48.4 Å². The summed E-state index contributed by atoms with van der Waals surface area (Å²) >= 11 is 0. The monoisotopic (exact) mass is 351 g/mol. The lowest BCUT2D eigenvalue weighted by atomic mass is 10.0. The van der Waals surface area contributed by atoms with E-state index in [2.05, 4.69) is 4.98 Å². The Kier molecular flexibility index (Phi) is 4.92. The number of benzene rings is 1. The number of alkyl halides is 3. The molecule has 0 atom stereocenters. The number of hydrogen-bond acceptors (Lipinski definition) is 4. The second kappa shape index (κ2) is 7.13. The summed E-state index contributed by atoms with van der Waals surface area (Å²) in [6.07, 6.45) is -2.40. The van der Waals surface area contributed by atoms with Crippen molar-refractivity contribution in [1.29, 1.82) is 0 Å². The number of nitrogens with zero attached hydrogens (tertiary/aromatic N) is 1. The van der Waals surface area contributed by atoms with Gasteiger partial charge in [0.25, 0.3) is 0 Å². The Labute approximate surface area is 142 Å². The van der Waals surface area contributed by atoms with E-state index in [0.717, 1.165) is 24.2 Å². The van der Waals surface area contributed by atoms with Crippen molar-refractivity contribution in [3.63, 3.8) is 0 Å². The van der Waals surface area contributed by atoms with Crippen LogP contribution in [0.25, 0.3) is 0 Å². The molecule has 0 amide bonds. The summed E-state index contributed by atoms with van der Waals surface area (Å²) in [5.41, 5.74) is 0.257. The molecule has 3 rings (SSSR count). The van der Waals surface area contributed by atoms with Crippen LogP contribution >= 0.6 is 0 Å². The molecular weight excluding hydrogens is 335 g/mol. The van der Waals surface area contributed by atoms with Gasteiger partial charge in [0.2, 0.25) is 0 Å². The minimum absolute atomic E-state index is 0.0274. The van der Waals surface area contributed by atoms with E-state index in [1.807, 2.05) is 0 Å². The van der Waals surface area contributed by atoms with Crippen LogP contribution in [-0.2, 0) is 23.8 Å². The molecule has 1 aliphatic heterocycles. The van der Waals surface area contributed by atoms with E-state index in [1.165, 1.54) is 6.07 Å². The molecule has 0 saturated heterocycles. The van der Waals surface area contributed by atoms with Crippen LogP contribution in [0.4, 0.5) is 13.2 Å². The quantitative estimate of drug-likeness (QED) is 0.844. The summed E-state index contributed by atoms with van der Waals surface area (Å²) in [6, 6.07) is 7.49. The van der Waals surface area contributed by atoms with Crippen LogP contribution < -0.4 is 9.47 Å². The zero-order valence-electron chi connectivity index (χ0n) is 13.3. The summed E-state index contributed by atoms with van der Waals surface area (Å²) in [5.74, 6) is 1.15. The third-order valence-corrected chi connectivity index (χ3v) is 3.73. The summed E-state index contributed by atoms with van der Waals surface area (Å²) in [4.78, 5) is 15.5. The van der Waals surface area contributed by atoms with Crippen LogP contribution in [0.1, 0.15) is 23.2 Å². The molecule has 1 aromatic carbocycles. The van der Waals surface area contributed by atoms with Crippen LogP contribution in [-0.4, -0.2) is 24.0 Å². The standard InChI is InChI=1S/C18H16F3NO3/c19-18(20,21)17-5-3-13(11-22-17)9-14(23)8-12-2-4-15-16(10-12)25-7-1-6-24-15/h2-5,10-11H,1,6-9H2. The first kappa shape index (κ1) is 17.3. The number of ketones is 1. The Bertz CT molecular complexity index is 757. The highest BCUT2D eigenvalue weighted by atomic mass is 19.4. The largest absolute Gasteiger partial charge is 0.490 e. The minimum Gasteiger partial charge on any atom is -0.490 e. The normalized spacial score (nSPS) is 14.0. The van der Waals surface area contributed by atoms with Crippen LogP contribution in [0.3, 0.4) is 0 Å². The smallest absolute Gasteiger partial charge is 0.433 e. The molecule has 2 aromatic rings. The molecule has 0 N–H and O–H groups in total. The van der Waals surface area contributed by atoms with Gasteiger partial charge in [-0.1, -0.05) is 12.1 Å². The zero-order valence-corrected chi connectivity index (χ0v) is 13.3. The van der Waals surface area contributed by atoms with E-state index < -0.39 is 11.9 Å². The van der Waals surface area contributed by atoms with Gasteiger partial charge >= 0.3 is 6.18 Å². The molecule has 132 valence electrons. The lowest BCUT2D eigenvalue weighted by Gasteiger charge is -2.09. The number of aromatic nitrogens is 1. The lowest BCUT2D eigenvalue weighted by Crippen LogP contribution is -2.10. The number of ether oxygens (including phenoxy) is 2. The van der Waals surface area contributed by atoms with Gasteiger partial charge < -0.3 is 9.47 Å². The van der Waals surface area contributed by atoms with E-state index in [9.17, 15) is 18.0 Å². The van der Waals surface area contributed by atoms with Gasteiger partial charge in [0, 0.05) is 25.5 Å². The van der Waals surface area contributed by atoms with Gasteiger partial charge in [0.1, 0.15) is 11.5 Å². The van der Waals surface area contributed by atoms with Gasteiger partial charge in [-0.15, -0.1) is 0 Å². The molecule has 0 radical (unpaired) electrons. The molecular formula is C18H16F3NO3. The predicted molar refractivity (Wildman–Crippen MR) is 83.7 cm³/mol. The minimum atomic E-state index is -4.48. The fourth-order valence-electron chi connectivity index (χ4n) is 2.53. The number of pyridine rings is 1. The van der Waals surface area contributed by atoms with Gasteiger partial charge in [-0.3, -0.25) is 9.78 Å². The van der Waals surface area contributed by atoms with Crippen molar-refractivity contribution in [3.8, 4) is 11.5 Å². The zero-order chi connectivity index (χ0) is 17.9. The lowest BCUT2D eigenvalue weighted by molar-refractivity contribution is -0.141. The summed E-state index contributed by atoms with van der Waals surface area (Å²) in [5, 5.41) is 0. The maximum atomic E-state index is 12.5.